The normalized spacial score (nSPS) is 38.7. The van der Waals surface area contributed by atoms with E-state index in [0.29, 0.717) is 12.0 Å². The zero-order valence-corrected chi connectivity index (χ0v) is 13.8. The van der Waals surface area contributed by atoms with Crippen molar-refractivity contribution >= 4 is 11.8 Å². The maximum atomic E-state index is 11.2. The minimum Gasteiger partial charge on any atom is -0.389 e. The van der Waals surface area contributed by atoms with E-state index in [1.807, 2.05) is 11.8 Å². The van der Waals surface area contributed by atoms with Crippen molar-refractivity contribution in [2.45, 2.75) is 63.2 Å². The van der Waals surface area contributed by atoms with Crippen molar-refractivity contribution in [1.29, 1.82) is 0 Å². The topological polar surface area (TPSA) is 32.7 Å². The number of aliphatic hydroxyl groups is 1. The summed E-state index contributed by atoms with van der Waals surface area (Å²) in [7, 11) is 0. The highest BCUT2D eigenvalue weighted by Crippen LogP contribution is 2.46. The lowest BCUT2D eigenvalue weighted by Crippen LogP contribution is -2.54. The van der Waals surface area contributed by atoms with Crippen molar-refractivity contribution in [3.8, 4) is 0 Å². The molecule has 0 saturated carbocycles. The lowest BCUT2D eigenvalue weighted by Gasteiger charge is -2.48. The molecule has 2 atom stereocenters. The Bertz CT molecular complexity index is 333. The van der Waals surface area contributed by atoms with E-state index >= 15 is 0 Å². The maximum absolute atomic E-state index is 11.2. The van der Waals surface area contributed by atoms with E-state index in [1.165, 1.54) is 12.2 Å². The number of piperidine rings is 1. The standard InChI is InChI=1S/C16H29NO2S/c1-13(2)17-7-4-16(18,5-8-17)14-3-9-19-15(11-14)6-10-20-12-15/h13-14,18H,3-12H2,1-2H3. The third-order valence-corrected chi connectivity index (χ3v) is 6.94. The van der Waals surface area contributed by atoms with Gasteiger partial charge in [0, 0.05) is 31.5 Å². The van der Waals surface area contributed by atoms with Crippen molar-refractivity contribution in [1.82, 2.24) is 4.90 Å². The summed E-state index contributed by atoms with van der Waals surface area (Å²) in [6.07, 6.45) is 5.20. The van der Waals surface area contributed by atoms with Gasteiger partial charge in [-0.1, -0.05) is 0 Å². The summed E-state index contributed by atoms with van der Waals surface area (Å²) < 4.78 is 6.11. The van der Waals surface area contributed by atoms with Crippen LogP contribution in [0.2, 0.25) is 0 Å². The summed E-state index contributed by atoms with van der Waals surface area (Å²) in [5.74, 6) is 2.81. The van der Waals surface area contributed by atoms with Crippen LogP contribution in [0, 0.1) is 5.92 Å². The van der Waals surface area contributed by atoms with Gasteiger partial charge in [0.15, 0.2) is 0 Å². The molecule has 2 unspecified atom stereocenters. The number of ether oxygens (including phenoxy) is 1. The number of rotatable bonds is 2. The molecule has 0 amide bonds. The highest BCUT2D eigenvalue weighted by molar-refractivity contribution is 7.99. The molecule has 3 aliphatic rings. The van der Waals surface area contributed by atoms with Gasteiger partial charge in [-0.25, -0.2) is 0 Å². The minimum absolute atomic E-state index is 0.0957. The number of likely N-dealkylation sites (tertiary alicyclic amines) is 1. The van der Waals surface area contributed by atoms with Crippen LogP contribution in [-0.2, 0) is 4.74 Å². The average molecular weight is 299 g/mol. The molecule has 0 aliphatic carbocycles. The molecule has 0 aromatic heterocycles. The third-order valence-electron chi connectivity index (χ3n) is 5.71. The zero-order chi connectivity index (χ0) is 14.2. The summed E-state index contributed by atoms with van der Waals surface area (Å²) in [6, 6.07) is 0.604. The molecule has 3 aliphatic heterocycles. The van der Waals surface area contributed by atoms with Gasteiger partial charge in [-0.3, -0.25) is 0 Å². The average Bonchev–Trinajstić information content (AvgIpc) is 2.87. The van der Waals surface area contributed by atoms with E-state index in [4.69, 9.17) is 4.74 Å². The quantitative estimate of drug-likeness (QED) is 0.849. The van der Waals surface area contributed by atoms with E-state index in [9.17, 15) is 5.11 Å². The SMILES string of the molecule is CC(C)N1CCC(O)(C2CCOC3(CCSC3)C2)CC1. The van der Waals surface area contributed by atoms with Gasteiger partial charge in [0.2, 0.25) is 0 Å². The van der Waals surface area contributed by atoms with E-state index in [0.717, 1.165) is 51.1 Å². The minimum atomic E-state index is -0.435. The van der Waals surface area contributed by atoms with E-state index in [1.54, 1.807) is 0 Å². The van der Waals surface area contributed by atoms with E-state index < -0.39 is 5.60 Å². The predicted molar refractivity (Wildman–Crippen MR) is 84.2 cm³/mol. The van der Waals surface area contributed by atoms with Crippen LogP contribution in [0.3, 0.4) is 0 Å². The van der Waals surface area contributed by atoms with Crippen molar-refractivity contribution in [3.05, 3.63) is 0 Å². The van der Waals surface area contributed by atoms with Crippen LogP contribution < -0.4 is 0 Å². The Hall–Kier alpha value is 0.230. The number of nitrogens with zero attached hydrogens (tertiary/aromatic N) is 1. The van der Waals surface area contributed by atoms with Crippen LogP contribution in [-0.4, -0.2) is 58.5 Å². The first-order valence-electron chi connectivity index (χ1n) is 8.21. The highest BCUT2D eigenvalue weighted by Gasteiger charge is 2.48. The summed E-state index contributed by atoms with van der Waals surface area (Å²) in [4.78, 5) is 2.50. The molecule has 20 heavy (non-hydrogen) atoms. The molecule has 3 heterocycles. The lowest BCUT2D eigenvalue weighted by molar-refractivity contribution is -0.148. The first kappa shape index (κ1) is 15.1. The van der Waals surface area contributed by atoms with Gasteiger partial charge < -0.3 is 14.7 Å². The van der Waals surface area contributed by atoms with Gasteiger partial charge in [-0.15, -0.1) is 0 Å². The molecule has 0 bridgehead atoms. The molecule has 1 N–H and O–H groups in total. The van der Waals surface area contributed by atoms with Gasteiger partial charge >= 0.3 is 0 Å². The molecule has 1 spiro atoms. The maximum Gasteiger partial charge on any atom is 0.0784 e. The fraction of sp³-hybridized carbons (Fsp3) is 1.00. The second kappa shape index (κ2) is 5.79. The second-order valence-electron chi connectivity index (χ2n) is 7.26. The van der Waals surface area contributed by atoms with Gasteiger partial charge in [0.1, 0.15) is 0 Å². The Kier molecular flexibility index (Phi) is 4.38. The molecule has 0 aromatic carbocycles. The van der Waals surface area contributed by atoms with Crippen molar-refractivity contribution < 1.29 is 9.84 Å². The molecule has 3 rings (SSSR count). The van der Waals surface area contributed by atoms with Crippen LogP contribution in [0.1, 0.15) is 46.0 Å². The highest BCUT2D eigenvalue weighted by atomic mass is 32.2. The molecular weight excluding hydrogens is 270 g/mol. The van der Waals surface area contributed by atoms with Crippen molar-refractivity contribution in [3.63, 3.8) is 0 Å². The fourth-order valence-corrected chi connectivity index (χ4v) is 5.56. The lowest BCUT2D eigenvalue weighted by atomic mass is 9.71. The van der Waals surface area contributed by atoms with Crippen LogP contribution >= 0.6 is 11.8 Å². The molecule has 3 nitrogen and oxygen atoms in total. The molecule has 0 radical (unpaired) electrons. The Labute approximate surface area is 127 Å². The van der Waals surface area contributed by atoms with Crippen LogP contribution in [0.25, 0.3) is 0 Å². The summed E-state index contributed by atoms with van der Waals surface area (Å²) in [5, 5.41) is 11.2. The van der Waals surface area contributed by atoms with E-state index in [2.05, 4.69) is 18.7 Å². The largest absolute Gasteiger partial charge is 0.389 e. The monoisotopic (exact) mass is 299 g/mol. The number of thioether (sulfide) groups is 1. The Morgan fingerprint density at radius 3 is 2.60 bits per heavy atom. The van der Waals surface area contributed by atoms with Crippen LogP contribution in [0.5, 0.6) is 0 Å². The first-order valence-corrected chi connectivity index (χ1v) is 9.37. The molecular formula is C16H29NO2S. The third kappa shape index (κ3) is 2.90. The number of hydrogen-bond acceptors (Lipinski definition) is 4. The molecule has 3 saturated heterocycles. The molecule has 0 aromatic rings. The number of hydrogen-bond donors (Lipinski definition) is 1. The van der Waals surface area contributed by atoms with Gasteiger partial charge in [0.05, 0.1) is 11.2 Å². The first-order chi connectivity index (χ1) is 9.53. The van der Waals surface area contributed by atoms with Gasteiger partial charge in [-0.2, -0.15) is 11.8 Å². The Morgan fingerprint density at radius 2 is 2.00 bits per heavy atom. The van der Waals surface area contributed by atoms with Gasteiger partial charge in [-0.05, 0) is 57.6 Å². The molecule has 3 fully saturated rings. The molecule has 116 valence electrons. The smallest absolute Gasteiger partial charge is 0.0784 e. The Morgan fingerprint density at radius 1 is 1.25 bits per heavy atom. The predicted octanol–water partition coefficient (Wildman–Crippen LogP) is 2.52. The van der Waals surface area contributed by atoms with Crippen molar-refractivity contribution in [2.24, 2.45) is 5.92 Å². The van der Waals surface area contributed by atoms with Gasteiger partial charge in [0.25, 0.3) is 0 Å². The summed E-state index contributed by atoms with van der Waals surface area (Å²) >= 11 is 2.02. The van der Waals surface area contributed by atoms with E-state index in [-0.39, 0.29) is 5.60 Å². The second-order valence-corrected chi connectivity index (χ2v) is 8.36. The van der Waals surface area contributed by atoms with Crippen LogP contribution in [0.4, 0.5) is 0 Å². The van der Waals surface area contributed by atoms with Crippen LogP contribution in [0.15, 0.2) is 0 Å². The Balaban J connectivity index is 1.63. The fourth-order valence-electron chi connectivity index (χ4n) is 4.19. The zero-order valence-electron chi connectivity index (χ0n) is 12.9. The van der Waals surface area contributed by atoms with Crippen molar-refractivity contribution in [2.75, 3.05) is 31.2 Å². The summed E-state index contributed by atoms with van der Waals surface area (Å²) in [6.45, 7) is 7.45. The molecule has 4 heteroatoms. The summed E-state index contributed by atoms with van der Waals surface area (Å²) in [5.41, 5.74) is -0.339.